The van der Waals surface area contributed by atoms with Gasteiger partial charge >= 0.3 is 0 Å². The number of nitrogens with one attached hydrogen (secondary N) is 1. The second kappa shape index (κ2) is 3.38. The lowest BCUT2D eigenvalue weighted by molar-refractivity contribution is -0.134. The molecule has 15 heavy (non-hydrogen) atoms. The molecule has 0 spiro atoms. The molecule has 2 heterocycles. The van der Waals surface area contributed by atoms with Gasteiger partial charge in [0, 0.05) is 19.5 Å². The van der Waals surface area contributed by atoms with Gasteiger partial charge in [-0.05, 0) is 6.42 Å². The van der Waals surface area contributed by atoms with Crippen molar-refractivity contribution >= 4 is 17.6 Å². The van der Waals surface area contributed by atoms with Crippen LogP contribution in [0.15, 0.2) is 6.07 Å². The molecule has 80 valence electrons. The van der Waals surface area contributed by atoms with Crippen molar-refractivity contribution in [1.82, 2.24) is 15.1 Å². The van der Waals surface area contributed by atoms with Gasteiger partial charge in [-0.3, -0.25) is 19.6 Å². The molecular formula is C9H12N4O2. The van der Waals surface area contributed by atoms with E-state index in [-0.39, 0.29) is 17.7 Å². The van der Waals surface area contributed by atoms with Crippen LogP contribution in [0.4, 0.5) is 5.82 Å². The Morgan fingerprint density at radius 3 is 2.87 bits per heavy atom. The third-order valence-electron chi connectivity index (χ3n) is 2.53. The maximum absolute atomic E-state index is 11.5. The number of imide groups is 1. The number of nitrogens with two attached hydrogens (primary N) is 1. The standard InChI is InChI=1S/C9H12N4O2/c1-13-7(10)4-6(12-13)5-2-3-8(14)11-9(5)15/h4-5H,2-3,10H2,1H3,(H,11,14,15). The van der Waals surface area contributed by atoms with Gasteiger partial charge in [0.25, 0.3) is 0 Å². The lowest BCUT2D eigenvalue weighted by atomic mass is 9.95. The van der Waals surface area contributed by atoms with Crippen molar-refractivity contribution in [3.63, 3.8) is 0 Å². The quantitative estimate of drug-likeness (QED) is 0.610. The summed E-state index contributed by atoms with van der Waals surface area (Å²) in [5.74, 6) is -0.356. The number of nitrogen functional groups attached to an aromatic ring is 1. The minimum Gasteiger partial charge on any atom is -0.384 e. The van der Waals surface area contributed by atoms with Gasteiger partial charge in [0.05, 0.1) is 11.6 Å². The fourth-order valence-electron chi connectivity index (χ4n) is 1.65. The number of aryl methyl sites for hydroxylation is 1. The zero-order valence-corrected chi connectivity index (χ0v) is 8.36. The Hall–Kier alpha value is -1.85. The van der Waals surface area contributed by atoms with Crippen molar-refractivity contribution < 1.29 is 9.59 Å². The van der Waals surface area contributed by atoms with Crippen LogP contribution < -0.4 is 11.1 Å². The Morgan fingerprint density at radius 1 is 1.60 bits per heavy atom. The van der Waals surface area contributed by atoms with Gasteiger partial charge in [0.1, 0.15) is 5.82 Å². The van der Waals surface area contributed by atoms with Gasteiger partial charge in [-0.25, -0.2) is 0 Å². The number of anilines is 1. The van der Waals surface area contributed by atoms with E-state index in [2.05, 4.69) is 10.4 Å². The smallest absolute Gasteiger partial charge is 0.235 e. The molecular weight excluding hydrogens is 196 g/mol. The molecule has 1 aliphatic rings. The van der Waals surface area contributed by atoms with Crippen LogP contribution in [0.25, 0.3) is 0 Å². The summed E-state index contributed by atoms with van der Waals surface area (Å²) in [4.78, 5) is 22.4. The van der Waals surface area contributed by atoms with Gasteiger partial charge in [-0.1, -0.05) is 0 Å². The Morgan fingerprint density at radius 2 is 2.33 bits per heavy atom. The number of rotatable bonds is 1. The Kier molecular flexibility index (Phi) is 2.18. The molecule has 0 aliphatic carbocycles. The summed E-state index contributed by atoms with van der Waals surface area (Å²) in [5.41, 5.74) is 6.25. The summed E-state index contributed by atoms with van der Waals surface area (Å²) in [6.07, 6.45) is 0.855. The van der Waals surface area contributed by atoms with Crippen molar-refractivity contribution in [1.29, 1.82) is 0 Å². The Balaban J connectivity index is 2.24. The molecule has 1 atom stereocenters. The number of aromatic nitrogens is 2. The van der Waals surface area contributed by atoms with Crippen LogP contribution in [0.3, 0.4) is 0 Å². The zero-order valence-electron chi connectivity index (χ0n) is 8.36. The monoisotopic (exact) mass is 208 g/mol. The summed E-state index contributed by atoms with van der Waals surface area (Å²) < 4.78 is 1.51. The highest BCUT2D eigenvalue weighted by Crippen LogP contribution is 2.24. The van der Waals surface area contributed by atoms with E-state index in [9.17, 15) is 9.59 Å². The van der Waals surface area contributed by atoms with Crippen molar-refractivity contribution in [2.75, 3.05) is 5.73 Å². The first-order valence-corrected chi connectivity index (χ1v) is 4.71. The van der Waals surface area contributed by atoms with Crippen LogP contribution in [0.2, 0.25) is 0 Å². The predicted octanol–water partition coefficient (Wildman–Crippen LogP) is -0.477. The number of carbonyl (C=O) groups excluding carboxylic acids is 2. The second-order valence-electron chi connectivity index (χ2n) is 3.62. The Labute approximate surface area is 86.4 Å². The average molecular weight is 208 g/mol. The molecule has 6 heteroatoms. The van der Waals surface area contributed by atoms with E-state index >= 15 is 0 Å². The molecule has 1 fully saturated rings. The summed E-state index contributed by atoms with van der Waals surface area (Å²) in [6, 6.07) is 1.67. The molecule has 1 aromatic heterocycles. The topological polar surface area (TPSA) is 90.0 Å². The molecule has 0 bridgehead atoms. The number of nitrogens with zero attached hydrogens (tertiary/aromatic N) is 2. The van der Waals surface area contributed by atoms with Gasteiger partial charge in [0.2, 0.25) is 11.8 Å². The van der Waals surface area contributed by atoms with E-state index in [4.69, 9.17) is 5.73 Å². The summed E-state index contributed by atoms with van der Waals surface area (Å²) in [5, 5.41) is 6.42. The molecule has 1 saturated heterocycles. The third kappa shape index (κ3) is 1.70. The number of hydrogen-bond acceptors (Lipinski definition) is 4. The molecule has 0 radical (unpaired) electrons. The van der Waals surface area contributed by atoms with Crippen LogP contribution in [-0.2, 0) is 16.6 Å². The number of carbonyl (C=O) groups is 2. The summed E-state index contributed by atoms with van der Waals surface area (Å²) >= 11 is 0. The van der Waals surface area contributed by atoms with Crippen molar-refractivity contribution in [2.45, 2.75) is 18.8 Å². The average Bonchev–Trinajstić information content (AvgIpc) is 2.46. The first-order valence-electron chi connectivity index (χ1n) is 4.71. The molecule has 6 nitrogen and oxygen atoms in total. The van der Waals surface area contributed by atoms with Crippen molar-refractivity contribution in [3.05, 3.63) is 11.8 Å². The summed E-state index contributed by atoms with van der Waals surface area (Å²) in [7, 11) is 1.71. The van der Waals surface area contributed by atoms with Crippen molar-refractivity contribution in [3.8, 4) is 0 Å². The molecule has 2 rings (SSSR count). The summed E-state index contributed by atoms with van der Waals surface area (Å²) in [6.45, 7) is 0. The van der Waals surface area contributed by atoms with Crippen LogP contribution in [-0.4, -0.2) is 21.6 Å². The highest BCUT2D eigenvalue weighted by Gasteiger charge is 2.29. The van der Waals surface area contributed by atoms with Gasteiger partial charge in [-0.2, -0.15) is 5.10 Å². The minimum absolute atomic E-state index is 0.222. The fraction of sp³-hybridized carbons (Fsp3) is 0.444. The van der Waals surface area contributed by atoms with Crippen LogP contribution in [0.1, 0.15) is 24.5 Å². The maximum atomic E-state index is 11.5. The minimum atomic E-state index is -0.355. The second-order valence-corrected chi connectivity index (χ2v) is 3.62. The van der Waals surface area contributed by atoms with E-state index in [1.54, 1.807) is 13.1 Å². The highest BCUT2D eigenvalue weighted by atomic mass is 16.2. The molecule has 0 saturated carbocycles. The number of amides is 2. The van der Waals surface area contributed by atoms with Crippen molar-refractivity contribution in [2.24, 2.45) is 7.05 Å². The highest BCUT2D eigenvalue weighted by molar-refractivity contribution is 6.00. The zero-order chi connectivity index (χ0) is 11.0. The fourth-order valence-corrected chi connectivity index (χ4v) is 1.65. The van der Waals surface area contributed by atoms with Crippen LogP contribution in [0.5, 0.6) is 0 Å². The maximum Gasteiger partial charge on any atom is 0.235 e. The molecule has 1 unspecified atom stereocenters. The molecule has 3 N–H and O–H groups in total. The molecule has 1 aliphatic heterocycles. The molecule has 1 aromatic rings. The third-order valence-corrected chi connectivity index (χ3v) is 2.53. The van der Waals surface area contributed by atoms with E-state index in [0.717, 1.165) is 0 Å². The van der Waals surface area contributed by atoms with E-state index in [1.807, 2.05) is 0 Å². The lowest BCUT2D eigenvalue weighted by Crippen LogP contribution is -2.39. The van der Waals surface area contributed by atoms with Crippen LogP contribution in [0, 0.1) is 0 Å². The van der Waals surface area contributed by atoms with Gasteiger partial charge in [-0.15, -0.1) is 0 Å². The molecule has 2 amide bonds. The molecule has 0 aromatic carbocycles. The largest absolute Gasteiger partial charge is 0.384 e. The van der Waals surface area contributed by atoms with Gasteiger partial charge < -0.3 is 5.73 Å². The van der Waals surface area contributed by atoms with Crippen LogP contribution >= 0.6 is 0 Å². The van der Waals surface area contributed by atoms with E-state index in [1.165, 1.54) is 4.68 Å². The van der Waals surface area contributed by atoms with E-state index in [0.29, 0.717) is 24.4 Å². The lowest BCUT2D eigenvalue weighted by Gasteiger charge is -2.18. The SMILES string of the molecule is Cn1nc(C2CCC(=O)NC2=O)cc1N. The predicted molar refractivity (Wildman–Crippen MR) is 52.7 cm³/mol. The normalized spacial score (nSPS) is 21.5. The number of piperidine rings is 1. The first-order chi connectivity index (χ1) is 7.08. The Bertz CT molecular complexity index is 404. The number of hydrogen-bond donors (Lipinski definition) is 2. The van der Waals surface area contributed by atoms with E-state index < -0.39 is 0 Å². The first kappa shape index (κ1) is 9.70. The van der Waals surface area contributed by atoms with Gasteiger partial charge in [0.15, 0.2) is 0 Å².